The second-order valence-corrected chi connectivity index (χ2v) is 8.93. The minimum Gasteiger partial charge on any atom is -0.450 e. The van der Waals surface area contributed by atoms with Crippen LogP contribution in [0.15, 0.2) is 53.8 Å². The highest BCUT2D eigenvalue weighted by Crippen LogP contribution is 2.41. The van der Waals surface area contributed by atoms with Crippen LogP contribution in [0, 0.1) is 0 Å². The molecule has 5 aromatic heterocycles. The van der Waals surface area contributed by atoms with Crippen molar-refractivity contribution in [2.45, 2.75) is 25.3 Å². The van der Waals surface area contributed by atoms with Gasteiger partial charge >= 0.3 is 0 Å². The number of halogens is 1. The maximum Gasteiger partial charge on any atom is 0.274 e. The number of pyridine rings is 3. The monoisotopic (exact) mass is 491 g/mol. The fourth-order valence-electron chi connectivity index (χ4n) is 4.19. The van der Waals surface area contributed by atoms with Crippen molar-refractivity contribution >= 4 is 39.9 Å². The molecule has 0 aliphatic heterocycles. The Morgan fingerprint density at radius 3 is 2.91 bits per heavy atom. The molecule has 1 saturated carbocycles. The lowest BCUT2D eigenvalue weighted by Gasteiger charge is -2.12. The fourth-order valence-corrected chi connectivity index (χ4v) is 4.49. The number of nitrogens with one attached hydrogen (secondary N) is 1. The van der Waals surface area contributed by atoms with E-state index in [1.807, 2.05) is 36.7 Å². The van der Waals surface area contributed by atoms with E-state index in [-0.39, 0.29) is 18.7 Å². The summed E-state index contributed by atoms with van der Waals surface area (Å²) in [4.78, 5) is 21.9. The highest BCUT2D eigenvalue weighted by Gasteiger charge is 2.26. The molecule has 0 saturated heterocycles. The van der Waals surface area contributed by atoms with Gasteiger partial charge in [-0.25, -0.2) is 9.50 Å². The number of hydrogen-bond acceptors (Lipinski definition) is 7. The van der Waals surface area contributed by atoms with Crippen molar-refractivity contribution in [2.24, 2.45) is 7.05 Å². The summed E-state index contributed by atoms with van der Waals surface area (Å²) in [6.45, 7) is 0.114. The number of ether oxygens (including phenoxy) is 1. The molecule has 35 heavy (non-hydrogen) atoms. The van der Waals surface area contributed by atoms with Crippen LogP contribution in [0.4, 0.5) is 11.6 Å². The van der Waals surface area contributed by atoms with Gasteiger partial charge in [-0.05, 0) is 42.5 Å². The molecular formula is C24H22ClN7O3. The first kappa shape index (κ1) is 21.6. The molecule has 0 atom stereocenters. The zero-order valence-electron chi connectivity index (χ0n) is 18.8. The molecule has 0 spiro atoms. The van der Waals surface area contributed by atoms with Crippen LogP contribution in [0.25, 0.3) is 16.7 Å². The van der Waals surface area contributed by atoms with Gasteiger partial charge in [0.2, 0.25) is 5.95 Å². The Morgan fingerprint density at radius 1 is 1.26 bits per heavy atom. The predicted octanol–water partition coefficient (Wildman–Crippen LogP) is 3.84. The van der Waals surface area contributed by atoms with E-state index < -0.39 is 0 Å². The predicted molar refractivity (Wildman–Crippen MR) is 132 cm³/mol. The van der Waals surface area contributed by atoms with Gasteiger partial charge in [0.1, 0.15) is 21.7 Å². The van der Waals surface area contributed by atoms with Gasteiger partial charge in [0.15, 0.2) is 17.1 Å². The summed E-state index contributed by atoms with van der Waals surface area (Å²) in [5, 5.41) is 17.2. The summed E-state index contributed by atoms with van der Waals surface area (Å²) < 4.78 is 11.0. The Balaban J connectivity index is 1.37. The van der Waals surface area contributed by atoms with Crippen LogP contribution in [0.1, 0.15) is 24.3 Å². The average Bonchev–Trinajstić information content (AvgIpc) is 3.56. The molecule has 1 aliphatic carbocycles. The summed E-state index contributed by atoms with van der Waals surface area (Å²) in [6, 6.07) is 7.54. The molecule has 11 heteroatoms. The molecule has 0 amide bonds. The Kier molecular flexibility index (Phi) is 5.19. The van der Waals surface area contributed by atoms with Gasteiger partial charge in [-0.2, -0.15) is 10.1 Å². The van der Waals surface area contributed by atoms with Crippen LogP contribution in [0.5, 0.6) is 11.5 Å². The van der Waals surface area contributed by atoms with E-state index in [1.165, 1.54) is 10.8 Å². The Hall–Kier alpha value is -3.89. The summed E-state index contributed by atoms with van der Waals surface area (Å²) >= 11 is 6.73. The van der Waals surface area contributed by atoms with Crippen LogP contribution < -0.4 is 15.6 Å². The van der Waals surface area contributed by atoms with Gasteiger partial charge in [-0.1, -0.05) is 17.7 Å². The van der Waals surface area contributed by atoms with Crippen molar-refractivity contribution < 1.29 is 9.84 Å². The average molecular weight is 492 g/mol. The number of aryl methyl sites for hydroxylation is 1. The molecule has 1 aliphatic rings. The van der Waals surface area contributed by atoms with E-state index in [0.29, 0.717) is 45.2 Å². The highest BCUT2D eigenvalue weighted by atomic mass is 35.5. The number of rotatable bonds is 7. The Labute approximate surface area is 204 Å². The number of aromatic nitrogens is 6. The van der Waals surface area contributed by atoms with E-state index in [4.69, 9.17) is 16.3 Å². The molecule has 10 nitrogen and oxygen atoms in total. The number of imidazole rings is 1. The SMILES string of the molecule is Cn1c(Nc2cc(C3CC3)cn(CCO)c2=O)nc2ncc(Oc3cnn4ccccc34)c(Cl)c21. The summed E-state index contributed by atoms with van der Waals surface area (Å²) in [7, 11) is 1.79. The topological polar surface area (TPSA) is 112 Å². The molecule has 0 aromatic carbocycles. The standard InChI is InChI=1S/C24H22ClN7O3/c1-30-21-20(25)19(35-18-12-27-32-7-3-2-4-17(18)32)11-26-22(21)29-24(30)28-16-10-15(14-5-6-14)13-31(8-9-33)23(16)34/h2-4,7,10-14,33H,5-6,8-9H2,1H3,(H,26,28,29). The lowest BCUT2D eigenvalue weighted by Crippen LogP contribution is -2.24. The van der Waals surface area contributed by atoms with Crippen molar-refractivity contribution in [3.05, 3.63) is 70.0 Å². The molecular weight excluding hydrogens is 470 g/mol. The molecule has 5 aromatic rings. The second-order valence-electron chi connectivity index (χ2n) is 8.55. The molecule has 6 rings (SSSR count). The zero-order valence-corrected chi connectivity index (χ0v) is 19.6. The third-order valence-corrected chi connectivity index (χ3v) is 6.52. The molecule has 0 unspecified atom stereocenters. The normalized spacial score (nSPS) is 13.6. The molecule has 5 heterocycles. The Bertz CT molecular complexity index is 1630. The maximum absolute atomic E-state index is 13.0. The van der Waals surface area contributed by atoms with Gasteiger partial charge < -0.3 is 24.3 Å². The third-order valence-electron chi connectivity index (χ3n) is 6.16. The van der Waals surface area contributed by atoms with Gasteiger partial charge in [-0.15, -0.1) is 0 Å². The first-order valence-electron chi connectivity index (χ1n) is 11.3. The van der Waals surface area contributed by atoms with Gasteiger partial charge in [0.05, 0.1) is 19.0 Å². The first-order chi connectivity index (χ1) is 17.0. The molecule has 0 bridgehead atoms. The van der Waals surface area contributed by atoms with E-state index in [0.717, 1.165) is 23.9 Å². The van der Waals surface area contributed by atoms with Gasteiger partial charge in [-0.3, -0.25) is 4.79 Å². The Morgan fingerprint density at radius 2 is 2.11 bits per heavy atom. The number of aliphatic hydroxyl groups is 1. The molecule has 2 N–H and O–H groups in total. The van der Waals surface area contributed by atoms with Gasteiger partial charge in [0.25, 0.3) is 5.56 Å². The lowest BCUT2D eigenvalue weighted by molar-refractivity contribution is 0.274. The van der Waals surface area contributed by atoms with E-state index in [9.17, 15) is 9.90 Å². The minimum atomic E-state index is -0.230. The largest absolute Gasteiger partial charge is 0.450 e. The third kappa shape index (κ3) is 3.80. The van der Waals surface area contributed by atoms with Crippen molar-refractivity contribution in [2.75, 3.05) is 11.9 Å². The number of fused-ring (bicyclic) bond motifs is 2. The number of aliphatic hydroxyl groups excluding tert-OH is 1. The summed E-state index contributed by atoms with van der Waals surface area (Å²) in [5.74, 6) is 1.78. The van der Waals surface area contributed by atoms with E-state index in [1.54, 1.807) is 22.3 Å². The highest BCUT2D eigenvalue weighted by molar-refractivity contribution is 6.36. The number of anilines is 2. The maximum atomic E-state index is 13.0. The lowest BCUT2D eigenvalue weighted by atomic mass is 10.2. The summed E-state index contributed by atoms with van der Waals surface area (Å²) in [6.07, 6.45) is 9.00. The molecule has 1 fully saturated rings. The summed E-state index contributed by atoms with van der Waals surface area (Å²) in [5.41, 5.74) is 3.01. The fraction of sp³-hybridized carbons (Fsp3) is 0.250. The van der Waals surface area contributed by atoms with Crippen molar-refractivity contribution in [1.29, 1.82) is 0 Å². The molecule has 0 radical (unpaired) electrons. The first-order valence-corrected chi connectivity index (χ1v) is 11.6. The van der Waals surface area contributed by atoms with Crippen molar-refractivity contribution in [3.8, 4) is 11.5 Å². The van der Waals surface area contributed by atoms with Crippen LogP contribution in [-0.2, 0) is 13.6 Å². The second kappa shape index (κ2) is 8.40. The van der Waals surface area contributed by atoms with Crippen LogP contribution in [-0.4, -0.2) is 40.4 Å². The van der Waals surface area contributed by atoms with Gasteiger partial charge in [0, 0.05) is 26.0 Å². The number of hydrogen-bond donors (Lipinski definition) is 2. The van der Waals surface area contributed by atoms with E-state index in [2.05, 4.69) is 20.4 Å². The van der Waals surface area contributed by atoms with Crippen LogP contribution in [0.2, 0.25) is 5.02 Å². The zero-order chi connectivity index (χ0) is 24.1. The van der Waals surface area contributed by atoms with Crippen LogP contribution >= 0.6 is 11.6 Å². The smallest absolute Gasteiger partial charge is 0.274 e. The van der Waals surface area contributed by atoms with Crippen molar-refractivity contribution in [3.63, 3.8) is 0 Å². The number of nitrogens with zero attached hydrogens (tertiary/aromatic N) is 6. The van der Waals surface area contributed by atoms with E-state index >= 15 is 0 Å². The van der Waals surface area contributed by atoms with Crippen molar-refractivity contribution in [1.82, 2.24) is 28.7 Å². The quantitative estimate of drug-likeness (QED) is 0.356. The minimum absolute atomic E-state index is 0.116. The molecule has 178 valence electrons. The van der Waals surface area contributed by atoms with Crippen LogP contribution in [0.3, 0.4) is 0 Å².